The van der Waals surface area contributed by atoms with Crippen LogP contribution in [0.1, 0.15) is 62.7 Å². The Bertz CT molecular complexity index is 1010. The van der Waals surface area contributed by atoms with Crippen LogP contribution in [0.15, 0.2) is 23.1 Å². The topological polar surface area (TPSA) is 100 Å². The Kier molecular flexibility index (Phi) is 6.74. The number of amides is 1. The third kappa shape index (κ3) is 4.47. The van der Waals surface area contributed by atoms with Crippen molar-refractivity contribution in [3.8, 4) is 0 Å². The number of nitrogens with zero attached hydrogens (tertiary/aromatic N) is 1. The molecule has 7 nitrogen and oxygen atoms in total. The highest BCUT2D eigenvalue weighted by Gasteiger charge is 2.23. The van der Waals surface area contributed by atoms with Gasteiger partial charge < -0.3 is 20.3 Å². The average Bonchev–Trinajstić information content (AvgIpc) is 2.73. The Morgan fingerprint density at radius 2 is 1.93 bits per heavy atom. The van der Waals surface area contributed by atoms with E-state index < -0.39 is 29.2 Å². The maximum Gasteiger partial charge on any atom is 0.326 e. The number of rotatable bonds is 7. The highest BCUT2D eigenvalue weighted by molar-refractivity contribution is 5.99. The van der Waals surface area contributed by atoms with Crippen LogP contribution >= 0.6 is 0 Å². The monoisotopic (exact) mass is 417 g/mol. The lowest BCUT2D eigenvalue weighted by Crippen LogP contribution is -2.42. The van der Waals surface area contributed by atoms with E-state index in [4.69, 9.17) is 5.11 Å². The first kappa shape index (κ1) is 21.8. The predicted molar refractivity (Wildman–Crippen MR) is 114 cm³/mol. The number of carbonyl (C=O) groups is 2. The molecular weight excluding hydrogens is 389 g/mol. The molecule has 1 saturated carbocycles. The van der Waals surface area contributed by atoms with E-state index in [0.29, 0.717) is 17.7 Å². The van der Waals surface area contributed by atoms with Crippen LogP contribution < -0.4 is 16.1 Å². The van der Waals surface area contributed by atoms with E-state index >= 15 is 0 Å². The number of carboxylic acid groups (broad SMARTS) is 1. The van der Waals surface area contributed by atoms with E-state index in [2.05, 4.69) is 10.6 Å². The molecule has 1 heterocycles. The lowest BCUT2D eigenvalue weighted by molar-refractivity contribution is -0.139. The number of hydrogen-bond donors (Lipinski definition) is 3. The number of fused-ring (bicyclic) bond motifs is 1. The molecule has 3 N–H and O–H groups in total. The van der Waals surface area contributed by atoms with Gasteiger partial charge in [-0.3, -0.25) is 9.59 Å². The molecule has 2 aromatic rings. The van der Waals surface area contributed by atoms with Gasteiger partial charge in [0.1, 0.15) is 17.4 Å². The minimum atomic E-state index is -1.17. The molecule has 8 heteroatoms. The molecule has 162 valence electrons. The maximum atomic E-state index is 14.8. The van der Waals surface area contributed by atoms with Gasteiger partial charge in [0.15, 0.2) is 0 Å². The fourth-order valence-electron chi connectivity index (χ4n) is 3.99. The van der Waals surface area contributed by atoms with Crippen LogP contribution in [0.25, 0.3) is 10.9 Å². The highest BCUT2D eigenvalue weighted by atomic mass is 19.1. The summed E-state index contributed by atoms with van der Waals surface area (Å²) in [7, 11) is 0. The number of carboxylic acids is 1. The molecule has 0 spiro atoms. The lowest BCUT2D eigenvalue weighted by Gasteiger charge is -2.24. The van der Waals surface area contributed by atoms with Crippen LogP contribution in [0.5, 0.6) is 0 Å². The van der Waals surface area contributed by atoms with Crippen molar-refractivity contribution in [3.05, 3.63) is 39.9 Å². The quantitative estimate of drug-likeness (QED) is 0.640. The molecule has 1 aliphatic rings. The first-order valence-electron chi connectivity index (χ1n) is 10.5. The minimum Gasteiger partial charge on any atom is -0.480 e. The summed E-state index contributed by atoms with van der Waals surface area (Å²) in [6.07, 6.45) is 6.98. The van der Waals surface area contributed by atoms with E-state index in [0.717, 1.165) is 25.7 Å². The Hall–Kier alpha value is -2.90. The number of benzene rings is 1. The number of nitrogens with one attached hydrogen (secondary N) is 2. The number of carbonyl (C=O) groups excluding carboxylic acids is 1. The van der Waals surface area contributed by atoms with Crippen molar-refractivity contribution in [2.45, 2.75) is 71.0 Å². The second-order valence-electron chi connectivity index (χ2n) is 7.76. The molecule has 1 atom stereocenters. The summed E-state index contributed by atoms with van der Waals surface area (Å²) < 4.78 is 16.5. The molecule has 30 heavy (non-hydrogen) atoms. The van der Waals surface area contributed by atoms with Gasteiger partial charge in [0.25, 0.3) is 5.91 Å². The van der Waals surface area contributed by atoms with Crippen LogP contribution in [0.2, 0.25) is 0 Å². The van der Waals surface area contributed by atoms with Crippen LogP contribution in [0.3, 0.4) is 0 Å². The summed E-state index contributed by atoms with van der Waals surface area (Å²) in [5, 5.41) is 14.9. The zero-order valence-electron chi connectivity index (χ0n) is 17.3. The van der Waals surface area contributed by atoms with Gasteiger partial charge in [-0.25, -0.2) is 9.18 Å². The molecule has 1 amide bonds. The van der Waals surface area contributed by atoms with Crippen molar-refractivity contribution in [1.29, 1.82) is 0 Å². The van der Waals surface area contributed by atoms with Gasteiger partial charge in [-0.2, -0.15) is 0 Å². The number of aliphatic carboxylic acids is 1. The van der Waals surface area contributed by atoms with Crippen LogP contribution in [0, 0.1) is 5.82 Å². The number of aromatic nitrogens is 1. The molecule has 1 aliphatic carbocycles. The largest absolute Gasteiger partial charge is 0.480 e. The zero-order chi connectivity index (χ0) is 21.8. The average molecular weight is 417 g/mol. The molecule has 3 rings (SSSR count). The Morgan fingerprint density at radius 3 is 2.53 bits per heavy atom. The molecular formula is C22H28FN3O4. The molecule has 1 fully saturated rings. The fourth-order valence-corrected chi connectivity index (χ4v) is 3.99. The number of aryl methyl sites for hydroxylation is 1. The second kappa shape index (κ2) is 9.28. The van der Waals surface area contributed by atoms with Crippen LogP contribution in [-0.2, 0) is 11.3 Å². The smallest absolute Gasteiger partial charge is 0.326 e. The fraction of sp³-hybridized carbons (Fsp3) is 0.500. The Balaban J connectivity index is 2.01. The summed E-state index contributed by atoms with van der Waals surface area (Å²) >= 11 is 0. The Labute approximate surface area is 174 Å². The van der Waals surface area contributed by atoms with Gasteiger partial charge in [0, 0.05) is 24.2 Å². The predicted octanol–water partition coefficient (Wildman–Crippen LogP) is 3.50. The molecule has 0 radical (unpaired) electrons. The number of hydrogen-bond acceptors (Lipinski definition) is 4. The lowest BCUT2D eigenvalue weighted by atomic mass is 9.95. The summed E-state index contributed by atoms with van der Waals surface area (Å²) in [5.74, 6) is -2.49. The van der Waals surface area contributed by atoms with Gasteiger partial charge >= 0.3 is 5.97 Å². The molecule has 0 bridgehead atoms. The summed E-state index contributed by atoms with van der Waals surface area (Å²) in [5.41, 5.74) is 0.0705. The molecule has 1 aromatic heterocycles. The van der Waals surface area contributed by atoms with Crippen molar-refractivity contribution in [2.24, 2.45) is 0 Å². The maximum absolute atomic E-state index is 14.8. The van der Waals surface area contributed by atoms with Gasteiger partial charge in [0.2, 0.25) is 5.43 Å². The van der Waals surface area contributed by atoms with E-state index in [1.165, 1.54) is 18.7 Å². The van der Waals surface area contributed by atoms with E-state index in [9.17, 15) is 18.8 Å². The zero-order valence-corrected chi connectivity index (χ0v) is 17.3. The number of pyridine rings is 1. The van der Waals surface area contributed by atoms with Gasteiger partial charge in [-0.1, -0.05) is 26.2 Å². The summed E-state index contributed by atoms with van der Waals surface area (Å²) in [6, 6.07) is 1.90. The Morgan fingerprint density at radius 1 is 1.23 bits per heavy atom. The van der Waals surface area contributed by atoms with E-state index in [1.54, 1.807) is 17.6 Å². The summed E-state index contributed by atoms with van der Waals surface area (Å²) in [4.78, 5) is 36.7. The molecule has 0 aliphatic heterocycles. The van der Waals surface area contributed by atoms with Crippen molar-refractivity contribution >= 4 is 28.5 Å². The first-order chi connectivity index (χ1) is 14.3. The van der Waals surface area contributed by atoms with Gasteiger partial charge in [-0.05, 0) is 38.3 Å². The minimum absolute atomic E-state index is 0.0968. The van der Waals surface area contributed by atoms with Crippen LogP contribution in [-0.4, -0.2) is 33.6 Å². The number of anilines is 1. The second-order valence-corrected chi connectivity index (χ2v) is 7.76. The third-order valence-corrected chi connectivity index (χ3v) is 5.73. The number of halogens is 1. The van der Waals surface area contributed by atoms with Crippen molar-refractivity contribution in [1.82, 2.24) is 9.88 Å². The highest BCUT2D eigenvalue weighted by Crippen LogP contribution is 2.26. The SMILES string of the molecule is CCC(NC(=O)c1cn(CC)c2cc(NC3CCCCC3)c(F)cc2c1=O)C(=O)O. The van der Waals surface area contributed by atoms with E-state index in [-0.39, 0.29) is 23.4 Å². The van der Waals surface area contributed by atoms with Gasteiger partial charge in [-0.15, -0.1) is 0 Å². The molecule has 1 unspecified atom stereocenters. The van der Waals surface area contributed by atoms with Crippen molar-refractivity contribution in [2.75, 3.05) is 5.32 Å². The molecule has 1 aromatic carbocycles. The normalized spacial score (nSPS) is 15.7. The summed E-state index contributed by atoms with van der Waals surface area (Å²) in [6.45, 7) is 3.94. The standard InChI is InChI=1S/C22H28FN3O4/c1-3-17(22(29)30)25-21(28)15-12-26(4-2)19-11-18(16(23)10-14(19)20(15)27)24-13-8-6-5-7-9-13/h10-13,17,24H,3-9H2,1-2H3,(H,25,28)(H,29,30). The van der Waals surface area contributed by atoms with Gasteiger partial charge in [0.05, 0.1) is 11.2 Å². The third-order valence-electron chi connectivity index (χ3n) is 5.73. The molecule has 0 saturated heterocycles. The van der Waals surface area contributed by atoms with E-state index in [1.807, 2.05) is 6.92 Å². The van der Waals surface area contributed by atoms with Crippen LogP contribution in [0.4, 0.5) is 10.1 Å². The first-order valence-corrected chi connectivity index (χ1v) is 10.5. The van der Waals surface area contributed by atoms with Crippen molar-refractivity contribution in [3.63, 3.8) is 0 Å². The van der Waals surface area contributed by atoms with Crippen molar-refractivity contribution < 1.29 is 19.1 Å².